The molecule has 0 fully saturated rings. The van der Waals surface area contributed by atoms with E-state index in [1.165, 1.54) is 4.90 Å². The Labute approximate surface area is 121 Å². The van der Waals surface area contributed by atoms with Crippen molar-refractivity contribution in [2.24, 2.45) is 5.92 Å². The van der Waals surface area contributed by atoms with E-state index in [2.05, 4.69) is 26.2 Å². The van der Waals surface area contributed by atoms with Crippen LogP contribution in [0.5, 0.6) is 0 Å². The number of carbonyl (C=O) groups is 2. The first-order chi connectivity index (χ1) is 8.91. The molecule has 2 amide bonds. The zero-order valence-electron chi connectivity index (χ0n) is 11.3. The van der Waals surface area contributed by atoms with Crippen LogP contribution in [-0.2, 0) is 4.79 Å². The number of hydrogen-bond donors (Lipinski definition) is 1. The van der Waals surface area contributed by atoms with E-state index >= 15 is 0 Å². The lowest BCUT2D eigenvalue weighted by atomic mass is 10.2. The fraction of sp³-hybridized carbons (Fsp3) is 0.462. The van der Waals surface area contributed by atoms with Crippen molar-refractivity contribution in [3.63, 3.8) is 0 Å². The van der Waals surface area contributed by atoms with Gasteiger partial charge in [-0.15, -0.1) is 0 Å². The second-order valence-electron chi connectivity index (χ2n) is 4.69. The Morgan fingerprint density at radius 3 is 2.74 bits per heavy atom. The van der Waals surface area contributed by atoms with Crippen LogP contribution in [0.1, 0.15) is 24.3 Å². The van der Waals surface area contributed by atoms with Gasteiger partial charge < -0.3 is 10.2 Å². The van der Waals surface area contributed by atoms with Crippen molar-refractivity contribution in [2.75, 3.05) is 20.1 Å². The number of rotatable bonds is 5. The number of nitrogens with one attached hydrogen (secondary N) is 1. The average Bonchev–Trinajstić information content (AvgIpc) is 2.36. The Morgan fingerprint density at radius 1 is 1.47 bits per heavy atom. The molecule has 0 radical (unpaired) electrons. The predicted octanol–water partition coefficient (Wildman–Crippen LogP) is 1.69. The van der Waals surface area contributed by atoms with Crippen LogP contribution in [0.25, 0.3) is 0 Å². The maximum absolute atomic E-state index is 12.1. The standard InChI is InChI=1S/C13H18BrN3O2/c1-9(2)7-16-11(18)8-17(3)13(19)12-10(14)5-4-6-15-12/h4-6,9H,7-8H2,1-3H3,(H,16,18). The van der Waals surface area contributed by atoms with Gasteiger partial charge in [0.15, 0.2) is 0 Å². The van der Waals surface area contributed by atoms with Crippen LogP contribution in [0.2, 0.25) is 0 Å². The van der Waals surface area contributed by atoms with Crippen molar-refractivity contribution >= 4 is 27.7 Å². The van der Waals surface area contributed by atoms with Crippen LogP contribution in [0.3, 0.4) is 0 Å². The Kier molecular flexibility index (Phi) is 5.95. The summed E-state index contributed by atoms with van der Waals surface area (Å²) in [6, 6.07) is 3.48. The number of pyridine rings is 1. The summed E-state index contributed by atoms with van der Waals surface area (Å²) in [6.45, 7) is 4.66. The topological polar surface area (TPSA) is 62.3 Å². The highest BCUT2D eigenvalue weighted by atomic mass is 79.9. The third kappa shape index (κ3) is 4.98. The van der Waals surface area contributed by atoms with Gasteiger partial charge in [0.25, 0.3) is 5.91 Å². The number of nitrogens with zero attached hydrogens (tertiary/aromatic N) is 2. The van der Waals surface area contributed by atoms with Gasteiger partial charge in [-0.1, -0.05) is 13.8 Å². The summed E-state index contributed by atoms with van der Waals surface area (Å²) in [5.41, 5.74) is 0.307. The van der Waals surface area contributed by atoms with E-state index in [1.807, 2.05) is 13.8 Å². The summed E-state index contributed by atoms with van der Waals surface area (Å²) >= 11 is 3.27. The van der Waals surface area contributed by atoms with Crippen molar-refractivity contribution in [2.45, 2.75) is 13.8 Å². The molecular weight excluding hydrogens is 310 g/mol. The fourth-order valence-corrected chi connectivity index (χ4v) is 1.81. The molecule has 0 aliphatic rings. The molecule has 0 aliphatic carbocycles. The molecule has 6 heteroatoms. The molecule has 0 aliphatic heterocycles. The Balaban J connectivity index is 2.58. The molecule has 1 heterocycles. The maximum Gasteiger partial charge on any atom is 0.273 e. The molecule has 0 unspecified atom stereocenters. The predicted molar refractivity (Wildman–Crippen MR) is 76.7 cm³/mol. The third-order valence-electron chi connectivity index (χ3n) is 2.40. The van der Waals surface area contributed by atoms with E-state index in [-0.39, 0.29) is 18.4 Å². The number of aromatic nitrogens is 1. The molecule has 0 atom stereocenters. The molecule has 1 aromatic rings. The van der Waals surface area contributed by atoms with Crippen LogP contribution in [0.4, 0.5) is 0 Å². The van der Waals surface area contributed by atoms with Gasteiger partial charge in [0.05, 0.1) is 6.54 Å². The van der Waals surface area contributed by atoms with E-state index in [1.54, 1.807) is 25.4 Å². The third-order valence-corrected chi connectivity index (χ3v) is 3.04. The summed E-state index contributed by atoms with van der Waals surface area (Å²) in [6.07, 6.45) is 1.55. The van der Waals surface area contributed by atoms with Crippen molar-refractivity contribution in [3.05, 3.63) is 28.5 Å². The summed E-state index contributed by atoms with van der Waals surface area (Å²) in [4.78, 5) is 29.1. The van der Waals surface area contributed by atoms with Crippen molar-refractivity contribution < 1.29 is 9.59 Å². The second-order valence-corrected chi connectivity index (χ2v) is 5.55. The first kappa shape index (κ1) is 15.6. The Hall–Kier alpha value is -1.43. The van der Waals surface area contributed by atoms with Gasteiger partial charge in [-0.3, -0.25) is 9.59 Å². The molecular formula is C13H18BrN3O2. The number of halogens is 1. The second kappa shape index (κ2) is 7.23. The van der Waals surface area contributed by atoms with E-state index in [0.29, 0.717) is 22.6 Å². The summed E-state index contributed by atoms with van der Waals surface area (Å²) in [5, 5.41) is 2.77. The summed E-state index contributed by atoms with van der Waals surface area (Å²) < 4.78 is 0.620. The minimum atomic E-state index is -0.285. The van der Waals surface area contributed by atoms with E-state index in [4.69, 9.17) is 0 Å². The largest absolute Gasteiger partial charge is 0.354 e. The zero-order valence-corrected chi connectivity index (χ0v) is 12.9. The minimum absolute atomic E-state index is 0.0224. The molecule has 5 nitrogen and oxygen atoms in total. The van der Waals surface area contributed by atoms with Gasteiger partial charge in [0.1, 0.15) is 5.69 Å². The van der Waals surface area contributed by atoms with E-state index < -0.39 is 0 Å². The van der Waals surface area contributed by atoms with Crippen molar-refractivity contribution in [1.82, 2.24) is 15.2 Å². The van der Waals surface area contributed by atoms with Gasteiger partial charge in [0.2, 0.25) is 5.91 Å². The number of carbonyl (C=O) groups excluding carboxylic acids is 2. The SMILES string of the molecule is CC(C)CNC(=O)CN(C)C(=O)c1ncccc1Br. The van der Waals surface area contributed by atoms with Crippen LogP contribution >= 0.6 is 15.9 Å². The van der Waals surface area contributed by atoms with Crippen LogP contribution in [0.15, 0.2) is 22.8 Å². The molecule has 0 saturated carbocycles. The number of hydrogen-bond acceptors (Lipinski definition) is 3. The van der Waals surface area contributed by atoms with Gasteiger partial charge in [-0.05, 0) is 34.0 Å². The average molecular weight is 328 g/mol. The van der Waals surface area contributed by atoms with Gasteiger partial charge in [0, 0.05) is 24.3 Å². The first-order valence-corrected chi connectivity index (χ1v) is 6.83. The highest BCUT2D eigenvalue weighted by Gasteiger charge is 2.18. The summed E-state index contributed by atoms with van der Waals surface area (Å²) in [7, 11) is 1.58. The normalized spacial score (nSPS) is 10.4. The number of amides is 2. The zero-order chi connectivity index (χ0) is 14.4. The smallest absolute Gasteiger partial charge is 0.273 e. The van der Waals surface area contributed by atoms with Crippen molar-refractivity contribution in [1.29, 1.82) is 0 Å². The minimum Gasteiger partial charge on any atom is -0.354 e. The lowest BCUT2D eigenvalue weighted by Gasteiger charge is -2.17. The molecule has 0 bridgehead atoms. The summed E-state index contributed by atoms with van der Waals surface area (Å²) in [5.74, 6) is -0.0707. The molecule has 0 spiro atoms. The highest BCUT2D eigenvalue weighted by Crippen LogP contribution is 2.14. The maximum atomic E-state index is 12.1. The van der Waals surface area contributed by atoms with Gasteiger partial charge in [-0.2, -0.15) is 0 Å². The first-order valence-electron chi connectivity index (χ1n) is 6.04. The van der Waals surface area contributed by atoms with E-state index in [9.17, 15) is 9.59 Å². The van der Waals surface area contributed by atoms with Gasteiger partial charge >= 0.3 is 0 Å². The lowest BCUT2D eigenvalue weighted by molar-refractivity contribution is -0.121. The van der Waals surface area contributed by atoms with Crippen LogP contribution < -0.4 is 5.32 Å². The lowest BCUT2D eigenvalue weighted by Crippen LogP contribution is -2.39. The number of likely N-dealkylation sites (N-methyl/N-ethyl adjacent to an activating group) is 1. The molecule has 1 rings (SSSR count). The highest BCUT2D eigenvalue weighted by molar-refractivity contribution is 9.10. The molecule has 1 N–H and O–H groups in total. The molecule has 104 valence electrons. The van der Waals surface area contributed by atoms with Crippen LogP contribution in [-0.4, -0.2) is 41.8 Å². The van der Waals surface area contributed by atoms with Crippen molar-refractivity contribution in [3.8, 4) is 0 Å². The van der Waals surface area contributed by atoms with Gasteiger partial charge in [-0.25, -0.2) is 4.98 Å². The Morgan fingerprint density at radius 2 is 2.16 bits per heavy atom. The van der Waals surface area contributed by atoms with E-state index in [0.717, 1.165) is 0 Å². The quantitative estimate of drug-likeness (QED) is 0.895. The van der Waals surface area contributed by atoms with Crippen LogP contribution in [0, 0.1) is 5.92 Å². The molecule has 0 saturated heterocycles. The molecule has 19 heavy (non-hydrogen) atoms. The molecule has 0 aromatic carbocycles. The Bertz CT molecular complexity index is 463. The monoisotopic (exact) mass is 327 g/mol. The fourth-order valence-electron chi connectivity index (χ4n) is 1.38. The molecule has 1 aromatic heterocycles.